The van der Waals surface area contributed by atoms with Crippen molar-refractivity contribution >= 4 is 21.9 Å². The van der Waals surface area contributed by atoms with Crippen molar-refractivity contribution in [2.75, 3.05) is 19.7 Å². The first-order valence-corrected chi connectivity index (χ1v) is 10.6. The molecule has 1 N–H and O–H groups in total. The molecule has 0 aromatic heterocycles. The zero-order chi connectivity index (χ0) is 22.3. The highest BCUT2D eigenvalue weighted by atomic mass is 32.2. The minimum Gasteiger partial charge on any atom is -0.452 e. The summed E-state index contributed by atoms with van der Waals surface area (Å²) in [6.45, 7) is 3.14. The van der Waals surface area contributed by atoms with E-state index in [-0.39, 0.29) is 24.5 Å². The summed E-state index contributed by atoms with van der Waals surface area (Å²) >= 11 is 0. The van der Waals surface area contributed by atoms with Gasteiger partial charge in [-0.05, 0) is 35.9 Å². The summed E-state index contributed by atoms with van der Waals surface area (Å²) in [4.78, 5) is 23.8. The van der Waals surface area contributed by atoms with Crippen molar-refractivity contribution in [1.29, 1.82) is 0 Å². The fourth-order valence-corrected chi connectivity index (χ4v) is 4.08. The minimum absolute atomic E-state index is 0.0859. The summed E-state index contributed by atoms with van der Waals surface area (Å²) in [5.74, 6) is -3.20. The van der Waals surface area contributed by atoms with E-state index in [0.29, 0.717) is 5.56 Å². The van der Waals surface area contributed by atoms with Gasteiger partial charge in [0.15, 0.2) is 6.61 Å². The summed E-state index contributed by atoms with van der Waals surface area (Å²) in [5, 5.41) is 2.47. The lowest BCUT2D eigenvalue weighted by Gasteiger charge is -2.18. The van der Waals surface area contributed by atoms with Gasteiger partial charge in [-0.2, -0.15) is 4.31 Å². The number of nitrogens with zero attached hydrogens (tertiary/aromatic N) is 1. The Morgan fingerprint density at radius 3 is 2.27 bits per heavy atom. The molecular formula is C20H22F2N2O5S. The van der Waals surface area contributed by atoms with Crippen LogP contribution in [0.25, 0.3) is 0 Å². The van der Waals surface area contributed by atoms with E-state index in [2.05, 4.69) is 5.32 Å². The summed E-state index contributed by atoms with van der Waals surface area (Å²) in [5.41, 5.74) is 0.0472. The molecule has 0 aliphatic carbocycles. The van der Waals surface area contributed by atoms with Crippen molar-refractivity contribution in [1.82, 2.24) is 9.62 Å². The Hall–Kier alpha value is -2.85. The molecule has 0 aliphatic rings. The number of amides is 1. The molecule has 30 heavy (non-hydrogen) atoms. The first kappa shape index (κ1) is 23.4. The average Bonchev–Trinajstić information content (AvgIpc) is 2.72. The lowest BCUT2D eigenvalue weighted by Crippen LogP contribution is -2.31. The van der Waals surface area contributed by atoms with E-state index in [1.165, 1.54) is 24.3 Å². The number of carbonyl (C=O) groups excluding carboxylic acids is 2. The van der Waals surface area contributed by atoms with Crippen molar-refractivity contribution < 1.29 is 31.5 Å². The fraction of sp³-hybridized carbons (Fsp3) is 0.300. The van der Waals surface area contributed by atoms with Gasteiger partial charge in [-0.1, -0.05) is 26.0 Å². The van der Waals surface area contributed by atoms with E-state index in [1.807, 2.05) is 0 Å². The summed E-state index contributed by atoms with van der Waals surface area (Å²) < 4.78 is 58.0. The highest BCUT2D eigenvalue weighted by molar-refractivity contribution is 7.89. The molecule has 0 heterocycles. The third kappa shape index (κ3) is 5.83. The average molecular weight is 440 g/mol. The number of benzene rings is 2. The van der Waals surface area contributed by atoms with Crippen LogP contribution in [-0.4, -0.2) is 44.3 Å². The SMILES string of the molecule is CCN(CC)S(=O)(=O)c1ccc(F)c(C(=O)OCC(=O)NCc2ccc(F)cc2)c1. The third-order valence-electron chi connectivity index (χ3n) is 4.24. The third-order valence-corrected chi connectivity index (χ3v) is 6.28. The number of ether oxygens (including phenoxy) is 1. The molecule has 10 heteroatoms. The molecule has 0 unspecified atom stereocenters. The molecular weight excluding hydrogens is 418 g/mol. The molecule has 2 aromatic rings. The predicted molar refractivity (Wildman–Crippen MR) is 105 cm³/mol. The van der Waals surface area contributed by atoms with Gasteiger partial charge in [0.05, 0.1) is 10.5 Å². The molecule has 0 radical (unpaired) electrons. The Kier molecular flexibility index (Phi) is 8.01. The smallest absolute Gasteiger partial charge is 0.341 e. The van der Waals surface area contributed by atoms with Gasteiger partial charge in [-0.25, -0.2) is 22.0 Å². The molecule has 0 saturated carbocycles. The highest BCUT2D eigenvalue weighted by Crippen LogP contribution is 2.20. The molecule has 7 nitrogen and oxygen atoms in total. The van der Waals surface area contributed by atoms with Crippen LogP contribution in [-0.2, 0) is 26.1 Å². The normalized spacial score (nSPS) is 11.4. The number of halogens is 2. The van der Waals surface area contributed by atoms with E-state index in [1.54, 1.807) is 13.8 Å². The maximum absolute atomic E-state index is 14.1. The van der Waals surface area contributed by atoms with Crippen LogP contribution in [0.1, 0.15) is 29.8 Å². The number of nitrogens with one attached hydrogen (secondary N) is 1. The van der Waals surface area contributed by atoms with Gasteiger partial charge < -0.3 is 10.1 Å². The molecule has 0 saturated heterocycles. The first-order valence-electron chi connectivity index (χ1n) is 9.17. The molecule has 0 bridgehead atoms. The zero-order valence-corrected chi connectivity index (χ0v) is 17.3. The lowest BCUT2D eigenvalue weighted by molar-refractivity contribution is -0.124. The van der Waals surface area contributed by atoms with Gasteiger partial charge in [0, 0.05) is 19.6 Å². The van der Waals surface area contributed by atoms with Gasteiger partial charge in [-0.15, -0.1) is 0 Å². The van der Waals surface area contributed by atoms with Crippen LogP contribution in [0.2, 0.25) is 0 Å². The summed E-state index contributed by atoms with van der Waals surface area (Å²) in [6.07, 6.45) is 0. The topological polar surface area (TPSA) is 92.8 Å². The van der Waals surface area contributed by atoms with Crippen LogP contribution in [0, 0.1) is 11.6 Å². The Balaban J connectivity index is 2.02. The maximum atomic E-state index is 14.1. The van der Waals surface area contributed by atoms with Gasteiger partial charge in [0.25, 0.3) is 5.91 Å². The number of sulfonamides is 1. The van der Waals surface area contributed by atoms with E-state index >= 15 is 0 Å². The van der Waals surface area contributed by atoms with Gasteiger partial charge >= 0.3 is 5.97 Å². The van der Waals surface area contributed by atoms with Gasteiger partial charge in [0.2, 0.25) is 10.0 Å². The summed E-state index contributed by atoms with van der Waals surface area (Å²) in [6, 6.07) is 8.27. The quantitative estimate of drug-likeness (QED) is 0.605. The predicted octanol–water partition coefficient (Wildman–Crippen LogP) is 2.47. The first-order chi connectivity index (χ1) is 14.2. The van der Waals surface area contributed by atoms with Gasteiger partial charge in [0.1, 0.15) is 11.6 Å². The van der Waals surface area contributed by atoms with Crippen molar-refractivity contribution in [2.24, 2.45) is 0 Å². The molecule has 0 spiro atoms. The van der Waals surface area contributed by atoms with Crippen LogP contribution in [0.15, 0.2) is 47.4 Å². The van der Waals surface area contributed by atoms with E-state index < -0.39 is 45.7 Å². The van der Waals surface area contributed by atoms with Crippen molar-refractivity contribution in [3.05, 3.63) is 65.2 Å². The second kappa shape index (κ2) is 10.3. The standard InChI is InChI=1S/C20H22F2N2O5S/c1-3-24(4-2)30(27,28)16-9-10-18(22)17(11-16)20(26)29-13-19(25)23-12-14-5-7-15(21)8-6-14/h5-11H,3-4,12-13H2,1-2H3,(H,23,25). The van der Waals surface area contributed by atoms with Crippen LogP contribution in [0.4, 0.5) is 8.78 Å². The van der Waals surface area contributed by atoms with Gasteiger partial charge in [-0.3, -0.25) is 4.79 Å². The Morgan fingerprint density at radius 2 is 1.67 bits per heavy atom. The fourth-order valence-electron chi connectivity index (χ4n) is 2.60. The molecule has 1 amide bonds. The molecule has 0 fully saturated rings. The molecule has 0 atom stereocenters. The Bertz CT molecular complexity index is 1010. The maximum Gasteiger partial charge on any atom is 0.341 e. The number of carbonyl (C=O) groups is 2. The molecule has 2 rings (SSSR count). The molecule has 162 valence electrons. The highest BCUT2D eigenvalue weighted by Gasteiger charge is 2.25. The molecule has 0 aliphatic heterocycles. The van der Waals surface area contributed by atoms with E-state index in [0.717, 1.165) is 22.5 Å². The number of rotatable bonds is 9. The zero-order valence-electron chi connectivity index (χ0n) is 16.5. The second-order valence-corrected chi connectivity index (χ2v) is 8.15. The Morgan fingerprint density at radius 1 is 1.03 bits per heavy atom. The van der Waals surface area contributed by atoms with Crippen molar-refractivity contribution in [3.8, 4) is 0 Å². The Labute approximate surface area is 173 Å². The van der Waals surface area contributed by atoms with Crippen LogP contribution in [0.3, 0.4) is 0 Å². The largest absolute Gasteiger partial charge is 0.452 e. The summed E-state index contributed by atoms with van der Waals surface area (Å²) in [7, 11) is -3.89. The minimum atomic E-state index is -3.89. The van der Waals surface area contributed by atoms with Crippen LogP contribution < -0.4 is 5.32 Å². The monoisotopic (exact) mass is 440 g/mol. The van der Waals surface area contributed by atoms with Crippen molar-refractivity contribution in [3.63, 3.8) is 0 Å². The second-order valence-electron chi connectivity index (χ2n) is 6.21. The van der Waals surface area contributed by atoms with E-state index in [9.17, 15) is 26.8 Å². The van der Waals surface area contributed by atoms with E-state index in [4.69, 9.17) is 4.74 Å². The number of hydrogen-bond acceptors (Lipinski definition) is 5. The number of hydrogen-bond donors (Lipinski definition) is 1. The lowest BCUT2D eigenvalue weighted by atomic mass is 10.2. The molecule has 2 aromatic carbocycles. The number of esters is 1. The van der Waals surface area contributed by atoms with Crippen LogP contribution >= 0.6 is 0 Å². The van der Waals surface area contributed by atoms with Crippen molar-refractivity contribution in [2.45, 2.75) is 25.3 Å². The van der Waals surface area contributed by atoms with Crippen LogP contribution in [0.5, 0.6) is 0 Å².